The number of rotatable bonds is 19. The summed E-state index contributed by atoms with van der Waals surface area (Å²) in [6.45, 7) is 17.7. The number of nitrogens with one attached hydrogen (secondary N) is 2. The second-order valence-corrected chi connectivity index (χ2v) is 37.1. The first-order valence-corrected chi connectivity index (χ1v) is 36.8. The monoisotopic (exact) mass is 1270 g/mol. The first kappa shape index (κ1) is 59.1. The van der Waals surface area contributed by atoms with Crippen molar-refractivity contribution in [3.05, 3.63) is 68.0 Å². The van der Waals surface area contributed by atoms with E-state index in [1.807, 2.05) is 4.57 Å². The number of carbonyl (C=O) groups excluding carboxylic acids is 4. The van der Waals surface area contributed by atoms with Gasteiger partial charge in [0.2, 0.25) is 11.8 Å². The van der Waals surface area contributed by atoms with Crippen LogP contribution in [0.25, 0.3) is 39.0 Å². The molecule has 5 aromatic heterocycles. The lowest BCUT2D eigenvalue weighted by molar-refractivity contribution is -0.135. The van der Waals surface area contributed by atoms with E-state index in [2.05, 4.69) is 99.7 Å². The summed E-state index contributed by atoms with van der Waals surface area (Å²) in [5.41, 5.74) is 3.37. The van der Waals surface area contributed by atoms with Crippen molar-refractivity contribution in [2.24, 2.45) is 23.7 Å². The summed E-state index contributed by atoms with van der Waals surface area (Å²) < 4.78 is 17.8. The zero-order valence-electron chi connectivity index (χ0n) is 46.2. The van der Waals surface area contributed by atoms with Crippen LogP contribution in [-0.2, 0) is 32.5 Å². The highest BCUT2D eigenvalue weighted by Gasteiger charge is 2.42. The van der Waals surface area contributed by atoms with Gasteiger partial charge in [-0.2, -0.15) is 15.6 Å². The Morgan fingerprint density at radius 1 is 0.675 bits per heavy atom. The Labute approximate surface area is 491 Å². The van der Waals surface area contributed by atoms with Gasteiger partial charge >= 0.3 is 0 Å². The van der Waals surface area contributed by atoms with Crippen LogP contribution in [0.3, 0.4) is 0 Å². The number of ether oxygens (including phenoxy) is 2. The number of halogens is 3. The van der Waals surface area contributed by atoms with Gasteiger partial charge in [-0.05, 0) is 110 Å². The number of hydrogen-bond donors (Lipinski definition) is 2. The zero-order chi connectivity index (χ0) is 57.0. The van der Waals surface area contributed by atoms with Gasteiger partial charge in [-0.1, -0.05) is 62.5 Å². The Bertz CT molecular complexity index is 3360. The zero-order valence-corrected chi connectivity index (χ0v) is 51.9. The number of likely N-dealkylation sites (tertiary alicyclic amines) is 2. The molecule has 7 heterocycles. The molecule has 424 valence electrons. The second kappa shape index (κ2) is 25.3. The van der Waals surface area contributed by atoms with E-state index in [4.69, 9.17) is 47.9 Å². The Kier molecular flexibility index (Phi) is 18.7. The first-order chi connectivity index (χ1) is 38.2. The van der Waals surface area contributed by atoms with Crippen LogP contribution in [0, 0.1) is 50.0 Å². The summed E-state index contributed by atoms with van der Waals surface area (Å²) in [7, 11) is -2.49. The minimum absolute atomic E-state index is 0.00755. The first-order valence-electron chi connectivity index (χ1n) is 27.5. The van der Waals surface area contributed by atoms with Gasteiger partial charge in [-0.15, -0.1) is 0 Å². The minimum Gasteiger partial charge on any atom is -0.361 e. The maximum absolute atomic E-state index is 14.0. The van der Waals surface area contributed by atoms with Crippen molar-refractivity contribution in [1.82, 2.24) is 59.3 Å². The maximum Gasteiger partial charge on any atom is 0.255 e. The molecular weight excluding hydrogens is 1210 g/mol. The van der Waals surface area contributed by atoms with Gasteiger partial charge in [0, 0.05) is 85.2 Å². The fourth-order valence-electron chi connectivity index (χ4n) is 9.90. The molecule has 1 aromatic carbocycles. The van der Waals surface area contributed by atoms with E-state index in [1.165, 1.54) is 0 Å². The predicted octanol–water partition coefficient (Wildman–Crippen LogP) is 9.28. The topological polar surface area (TPSA) is 244 Å². The summed E-state index contributed by atoms with van der Waals surface area (Å²) in [6.07, 6.45) is 14.6. The normalized spacial score (nSPS) is 17.2. The van der Waals surface area contributed by atoms with Gasteiger partial charge in [0.25, 0.3) is 11.8 Å². The molecule has 4 fully saturated rings. The number of nitriles is 2. The van der Waals surface area contributed by atoms with E-state index in [-0.39, 0.29) is 48.1 Å². The van der Waals surface area contributed by atoms with Gasteiger partial charge in [0.05, 0.1) is 57.4 Å². The van der Waals surface area contributed by atoms with Gasteiger partial charge in [0.1, 0.15) is 40.3 Å². The standard InChI is InChI=1S/C31H36Cl2N8O3Si.C24H33IN6O3Si/c1-45(2,3)11-10-44-18-40-17-22(30(42)38-27(20-4-5-20)31(43)39-8-6-19(14-34)7-9-39)28-29(40)35-16-26(37-28)41-25-13-24(33)23(32)12-21(25)15-36-41;1-35(2,3)11-10-34-15-31-14-18(21-22(31)27-13-19(25)28-21)23(32)29-20(17-4-5-17)24(33)30-8-6-16(12-26)7-9-30/h12-13,15-17,19-20,27H,4-11,18H2,1-3H3,(H,38,42);13-14,16-17,20H,4-11,15H2,1-3H3,(H,29,32)/t27-;20-/m11/s1. The molecule has 0 radical (unpaired) electrons. The minimum atomic E-state index is -1.29. The van der Waals surface area contributed by atoms with E-state index in [1.54, 1.807) is 62.2 Å². The molecule has 0 spiro atoms. The number of piperidine rings is 2. The Hall–Kier alpha value is -5.55. The molecule has 4 amide bonds. The van der Waals surface area contributed by atoms with Crippen LogP contribution in [0.1, 0.15) is 72.1 Å². The van der Waals surface area contributed by atoms with Crippen LogP contribution >= 0.6 is 45.8 Å². The van der Waals surface area contributed by atoms with E-state index in [0.717, 1.165) is 43.2 Å². The smallest absolute Gasteiger partial charge is 0.255 e. The van der Waals surface area contributed by atoms with Gasteiger partial charge in [-0.25, -0.2) is 24.6 Å². The number of benzene rings is 1. The highest BCUT2D eigenvalue weighted by molar-refractivity contribution is 14.1. The van der Waals surface area contributed by atoms with Crippen molar-refractivity contribution in [3.63, 3.8) is 0 Å². The molecule has 2 N–H and O–H groups in total. The molecule has 80 heavy (non-hydrogen) atoms. The molecule has 4 aliphatic rings. The van der Waals surface area contributed by atoms with Gasteiger partial charge in [0.15, 0.2) is 17.1 Å². The molecule has 2 saturated carbocycles. The SMILES string of the molecule is C[Si](C)(C)CCOCn1cc(C(=O)N[C@@H](C(=O)N2CCC(C#N)CC2)C2CC2)c2nc(-n3ncc4cc(Cl)c(Cl)cc43)cnc21.C[Si](C)(C)CCOCn1cc(C(=O)N[C@@H](C(=O)N2CCC(C#N)CC2)C2CC2)c2nc(I)cnc21. The molecule has 2 aliphatic heterocycles. The Morgan fingerprint density at radius 2 is 1.12 bits per heavy atom. The maximum atomic E-state index is 14.0. The number of hydrogen-bond acceptors (Lipinski definition) is 13. The number of nitrogens with zero attached hydrogens (tertiary/aromatic N) is 12. The molecule has 10 rings (SSSR count). The van der Waals surface area contributed by atoms with Crippen LogP contribution in [0.2, 0.25) is 61.4 Å². The third-order valence-electron chi connectivity index (χ3n) is 15.1. The number of fused-ring (bicyclic) bond motifs is 3. The highest BCUT2D eigenvalue weighted by atomic mass is 127. The van der Waals surface area contributed by atoms with E-state index in [0.29, 0.717) is 130 Å². The summed E-state index contributed by atoms with van der Waals surface area (Å²) in [5, 5.41) is 30.5. The molecular formula is C55H69Cl2IN14O6Si2. The molecule has 20 nitrogen and oxygen atoms in total. The largest absolute Gasteiger partial charge is 0.361 e. The van der Waals surface area contributed by atoms with Crippen molar-refractivity contribution in [3.8, 4) is 18.0 Å². The lowest BCUT2D eigenvalue weighted by Crippen LogP contribution is -2.51. The van der Waals surface area contributed by atoms with Crippen molar-refractivity contribution < 1.29 is 28.7 Å². The lowest BCUT2D eigenvalue weighted by atomic mass is 9.97. The fourth-order valence-corrected chi connectivity index (χ4v) is 12.1. The number of aromatic nitrogens is 8. The fraction of sp³-hybridized carbons (Fsp3) is 0.545. The second-order valence-electron chi connectivity index (χ2n) is 23.9. The summed E-state index contributed by atoms with van der Waals surface area (Å²) in [5.74, 6) is -0.233. The highest BCUT2D eigenvalue weighted by Crippen LogP contribution is 2.36. The van der Waals surface area contributed by atoms with E-state index in [9.17, 15) is 24.4 Å². The summed E-state index contributed by atoms with van der Waals surface area (Å²) in [4.78, 5) is 76.5. The van der Waals surface area contributed by atoms with Gasteiger partial charge in [-0.3, -0.25) is 19.2 Å². The van der Waals surface area contributed by atoms with Crippen molar-refractivity contribution in [2.45, 2.75) is 128 Å². The van der Waals surface area contributed by atoms with E-state index < -0.39 is 34.1 Å². The average Bonchev–Trinajstić information content (AvgIpc) is 4.44. The Morgan fingerprint density at radius 3 is 1.57 bits per heavy atom. The van der Waals surface area contributed by atoms with Crippen molar-refractivity contribution in [1.29, 1.82) is 10.5 Å². The molecule has 2 saturated heterocycles. The number of amides is 4. The molecule has 0 bridgehead atoms. The van der Waals surface area contributed by atoms with Crippen LogP contribution in [0.15, 0.2) is 43.1 Å². The van der Waals surface area contributed by atoms with E-state index >= 15 is 0 Å². The van der Waals surface area contributed by atoms with Crippen LogP contribution in [0.4, 0.5) is 0 Å². The third kappa shape index (κ3) is 14.5. The van der Waals surface area contributed by atoms with Crippen LogP contribution < -0.4 is 10.6 Å². The molecule has 25 heteroatoms. The van der Waals surface area contributed by atoms with Crippen LogP contribution in [0.5, 0.6) is 0 Å². The number of carbonyl (C=O) groups is 4. The molecule has 2 aliphatic carbocycles. The summed E-state index contributed by atoms with van der Waals surface area (Å²) in [6, 6.07) is 8.93. The lowest BCUT2D eigenvalue weighted by Gasteiger charge is -2.32. The average molecular weight is 1280 g/mol. The van der Waals surface area contributed by atoms with Crippen molar-refractivity contribution in [2.75, 3.05) is 39.4 Å². The van der Waals surface area contributed by atoms with Crippen LogP contribution in [-0.4, -0.2) is 140 Å². The van der Waals surface area contributed by atoms with Crippen molar-refractivity contribution >= 4 is 119 Å². The molecule has 0 unspecified atom stereocenters. The summed E-state index contributed by atoms with van der Waals surface area (Å²) >= 11 is 14.6. The molecule has 2 atom stereocenters. The quantitative estimate of drug-likeness (QED) is 0.0437. The Balaban J connectivity index is 0.000000200. The van der Waals surface area contributed by atoms with Gasteiger partial charge < -0.3 is 39.0 Å². The third-order valence-corrected chi connectivity index (χ3v) is 19.8. The predicted molar refractivity (Wildman–Crippen MR) is 318 cm³/mol. The molecule has 6 aromatic rings.